The van der Waals surface area contributed by atoms with Gasteiger partial charge in [-0.15, -0.1) is 0 Å². The zero-order valence-corrected chi connectivity index (χ0v) is 19.6. The first-order valence-corrected chi connectivity index (χ1v) is 12.0. The van der Waals surface area contributed by atoms with E-state index in [1.807, 2.05) is 49.4 Å². The average molecular weight is 461 g/mol. The van der Waals surface area contributed by atoms with E-state index < -0.39 is 18.4 Å². The van der Waals surface area contributed by atoms with Crippen LogP contribution in [-0.4, -0.2) is 52.3 Å². The van der Waals surface area contributed by atoms with Crippen molar-refractivity contribution in [2.75, 3.05) is 13.1 Å². The molecule has 0 aromatic heterocycles. The molecule has 1 N–H and O–H groups in total. The second kappa shape index (κ2) is 11.2. The third-order valence-corrected chi connectivity index (χ3v) is 6.50. The number of carbonyl (C=O) groups excluding carboxylic acids is 2. The molecule has 1 saturated heterocycles. The average Bonchev–Trinajstić information content (AvgIpc) is 3.27. The molecule has 3 aromatic carbocycles. The first-order chi connectivity index (χ1) is 16.6. The van der Waals surface area contributed by atoms with Crippen LogP contribution >= 0.6 is 0 Å². The quantitative estimate of drug-likeness (QED) is 0.527. The van der Waals surface area contributed by atoms with Gasteiger partial charge in [0.2, 0.25) is 5.91 Å². The number of nitrogens with zero attached hydrogens (tertiary/aromatic N) is 2. The van der Waals surface area contributed by atoms with E-state index >= 15 is 0 Å². The molecule has 1 aliphatic rings. The Morgan fingerprint density at radius 1 is 1.00 bits per heavy atom. The number of aliphatic hydroxyl groups excluding tert-OH is 1. The summed E-state index contributed by atoms with van der Waals surface area (Å²) in [4.78, 5) is 29.1. The molecule has 1 fully saturated rings. The fraction of sp³-hybridized carbons (Fsp3) is 0.357. The molecular formula is C28H32N2O4. The highest BCUT2D eigenvalue weighted by atomic mass is 16.6. The Labute approximate surface area is 200 Å². The summed E-state index contributed by atoms with van der Waals surface area (Å²) in [5, 5.41) is 12.9. The summed E-state index contributed by atoms with van der Waals surface area (Å²) in [7, 11) is 0. The van der Waals surface area contributed by atoms with Crippen LogP contribution in [0.2, 0.25) is 0 Å². The Balaban J connectivity index is 1.36. The molecule has 2 atom stereocenters. The van der Waals surface area contributed by atoms with E-state index in [0.29, 0.717) is 25.9 Å². The van der Waals surface area contributed by atoms with Crippen LogP contribution < -0.4 is 0 Å². The van der Waals surface area contributed by atoms with Crippen LogP contribution in [0, 0.1) is 0 Å². The Morgan fingerprint density at radius 2 is 1.74 bits per heavy atom. The maximum absolute atomic E-state index is 13.3. The molecule has 1 aliphatic heterocycles. The lowest BCUT2D eigenvalue weighted by atomic mass is 10.0. The van der Waals surface area contributed by atoms with Gasteiger partial charge in [0.05, 0.1) is 0 Å². The SMILES string of the molecule is CCN(CCCc1cccc2ccccc12)C(=O)[C@@H]1CCC(O)N1C(=O)OCc1ccccc1. The highest BCUT2D eigenvalue weighted by Crippen LogP contribution is 2.26. The number of likely N-dealkylation sites (N-methyl/N-ethyl adjacent to an activating group) is 1. The lowest BCUT2D eigenvalue weighted by Crippen LogP contribution is -2.50. The Morgan fingerprint density at radius 3 is 2.53 bits per heavy atom. The molecule has 6 nitrogen and oxygen atoms in total. The van der Waals surface area contributed by atoms with Crippen molar-refractivity contribution < 1.29 is 19.4 Å². The lowest BCUT2D eigenvalue weighted by Gasteiger charge is -2.30. The number of aliphatic hydroxyl groups is 1. The number of fused-ring (bicyclic) bond motifs is 1. The number of carbonyl (C=O) groups is 2. The number of rotatable bonds is 8. The van der Waals surface area contributed by atoms with Gasteiger partial charge in [0.15, 0.2) is 0 Å². The molecule has 6 heteroatoms. The van der Waals surface area contributed by atoms with Gasteiger partial charge in [-0.2, -0.15) is 0 Å². The van der Waals surface area contributed by atoms with E-state index in [2.05, 4.69) is 30.3 Å². The maximum atomic E-state index is 13.3. The Bertz CT molecular complexity index is 1110. The van der Waals surface area contributed by atoms with E-state index in [1.54, 1.807) is 4.90 Å². The van der Waals surface area contributed by atoms with E-state index in [1.165, 1.54) is 21.2 Å². The summed E-state index contributed by atoms with van der Waals surface area (Å²) in [6.45, 7) is 3.19. The van der Waals surface area contributed by atoms with E-state index in [9.17, 15) is 14.7 Å². The number of hydrogen-bond acceptors (Lipinski definition) is 4. The van der Waals surface area contributed by atoms with Crippen LogP contribution in [0.5, 0.6) is 0 Å². The van der Waals surface area contributed by atoms with Crippen LogP contribution in [0.1, 0.15) is 37.3 Å². The lowest BCUT2D eigenvalue weighted by molar-refractivity contribution is -0.137. The molecule has 0 radical (unpaired) electrons. The molecule has 4 rings (SSSR count). The minimum absolute atomic E-state index is 0.103. The molecule has 1 unspecified atom stereocenters. The first kappa shape index (κ1) is 23.8. The standard InChI is InChI=1S/C28H32N2O4/c1-2-29(19-9-15-23-14-8-13-22-12-6-7-16-24(22)23)27(32)25-17-18-26(31)30(25)28(33)34-20-21-10-4-3-5-11-21/h3-8,10-14,16,25-26,31H,2,9,15,17-20H2,1H3/t25-,26?/m0/s1. The van der Waals surface area contributed by atoms with Crippen LogP contribution in [-0.2, 0) is 22.6 Å². The number of benzene rings is 3. The zero-order valence-electron chi connectivity index (χ0n) is 19.6. The first-order valence-electron chi connectivity index (χ1n) is 12.0. The van der Waals surface area contributed by atoms with Crippen LogP contribution in [0.25, 0.3) is 10.8 Å². The molecular weight excluding hydrogens is 428 g/mol. The molecule has 0 spiro atoms. The van der Waals surface area contributed by atoms with Crippen molar-refractivity contribution in [1.82, 2.24) is 9.80 Å². The summed E-state index contributed by atoms with van der Waals surface area (Å²) in [6.07, 6.45) is 0.818. The van der Waals surface area contributed by atoms with Gasteiger partial charge in [-0.25, -0.2) is 4.79 Å². The highest BCUT2D eigenvalue weighted by Gasteiger charge is 2.42. The molecule has 2 amide bonds. The zero-order chi connectivity index (χ0) is 23.9. The topological polar surface area (TPSA) is 70.1 Å². The largest absolute Gasteiger partial charge is 0.444 e. The predicted octanol–water partition coefficient (Wildman–Crippen LogP) is 4.74. The maximum Gasteiger partial charge on any atom is 0.412 e. The fourth-order valence-corrected chi connectivity index (χ4v) is 4.68. The molecule has 0 aliphatic carbocycles. The molecule has 178 valence electrons. The van der Waals surface area contributed by atoms with Gasteiger partial charge in [0.1, 0.15) is 18.9 Å². The third kappa shape index (κ3) is 5.39. The van der Waals surface area contributed by atoms with Gasteiger partial charge >= 0.3 is 6.09 Å². The van der Waals surface area contributed by atoms with Gasteiger partial charge < -0.3 is 14.7 Å². The van der Waals surface area contributed by atoms with Crippen LogP contribution in [0.4, 0.5) is 4.79 Å². The monoisotopic (exact) mass is 460 g/mol. The minimum atomic E-state index is -1.01. The highest BCUT2D eigenvalue weighted by molar-refractivity contribution is 5.87. The van der Waals surface area contributed by atoms with Gasteiger partial charge in [0.25, 0.3) is 0 Å². The Kier molecular flexibility index (Phi) is 7.80. The summed E-state index contributed by atoms with van der Waals surface area (Å²) in [5.41, 5.74) is 2.13. The summed E-state index contributed by atoms with van der Waals surface area (Å²) < 4.78 is 5.41. The predicted molar refractivity (Wildman–Crippen MR) is 132 cm³/mol. The van der Waals surface area contributed by atoms with Crippen molar-refractivity contribution in [2.24, 2.45) is 0 Å². The summed E-state index contributed by atoms with van der Waals surface area (Å²) >= 11 is 0. The van der Waals surface area contributed by atoms with Crippen molar-refractivity contribution in [1.29, 1.82) is 0 Å². The smallest absolute Gasteiger partial charge is 0.412 e. The Hall–Kier alpha value is -3.38. The normalized spacial score (nSPS) is 17.6. The van der Waals surface area contributed by atoms with Crippen molar-refractivity contribution >= 4 is 22.8 Å². The molecule has 34 heavy (non-hydrogen) atoms. The van der Waals surface area contributed by atoms with E-state index in [-0.39, 0.29) is 12.5 Å². The third-order valence-electron chi connectivity index (χ3n) is 6.50. The number of amides is 2. The van der Waals surface area contributed by atoms with Gasteiger partial charge in [-0.3, -0.25) is 9.69 Å². The summed E-state index contributed by atoms with van der Waals surface area (Å²) in [6, 6.07) is 23.3. The summed E-state index contributed by atoms with van der Waals surface area (Å²) in [5.74, 6) is -0.131. The second-order valence-corrected chi connectivity index (χ2v) is 8.68. The van der Waals surface area contributed by atoms with Crippen molar-refractivity contribution in [3.05, 3.63) is 83.9 Å². The van der Waals surface area contributed by atoms with Gasteiger partial charge in [0, 0.05) is 13.1 Å². The van der Waals surface area contributed by atoms with Gasteiger partial charge in [-0.1, -0.05) is 72.8 Å². The number of ether oxygens (including phenoxy) is 1. The van der Waals surface area contributed by atoms with Crippen molar-refractivity contribution in [3.8, 4) is 0 Å². The molecule has 0 bridgehead atoms. The van der Waals surface area contributed by atoms with Crippen molar-refractivity contribution in [3.63, 3.8) is 0 Å². The molecule has 3 aromatic rings. The number of aryl methyl sites for hydroxylation is 1. The number of hydrogen-bond donors (Lipinski definition) is 1. The minimum Gasteiger partial charge on any atom is -0.444 e. The van der Waals surface area contributed by atoms with Crippen molar-refractivity contribution in [2.45, 2.75) is 51.5 Å². The number of likely N-dealkylation sites (tertiary alicyclic amines) is 1. The fourth-order valence-electron chi connectivity index (χ4n) is 4.68. The molecule has 0 saturated carbocycles. The van der Waals surface area contributed by atoms with Gasteiger partial charge in [-0.05, 0) is 54.5 Å². The van der Waals surface area contributed by atoms with E-state index in [4.69, 9.17) is 4.74 Å². The van der Waals surface area contributed by atoms with Crippen LogP contribution in [0.15, 0.2) is 72.8 Å². The van der Waals surface area contributed by atoms with Crippen LogP contribution in [0.3, 0.4) is 0 Å². The molecule has 1 heterocycles. The second-order valence-electron chi connectivity index (χ2n) is 8.68. The van der Waals surface area contributed by atoms with E-state index in [0.717, 1.165) is 18.4 Å².